The van der Waals surface area contributed by atoms with E-state index in [0.717, 1.165) is 5.40 Å². The Morgan fingerprint density at radius 1 is 0.875 bits per heavy atom. The molecule has 0 aromatic carbocycles. The van der Waals surface area contributed by atoms with Crippen LogP contribution in [-0.4, -0.2) is 6.66 Å². The summed E-state index contributed by atoms with van der Waals surface area (Å²) in [5.74, 6) is 2.50. The maximum atomic E-state index is 5.26. The van der Waals surface area contributed by atoms with Gasteiger partial charge in [-0.05, 0) is 6.66 Å². The van der Waals surface area contributed by atoms with Crippen molar-refractivity contribution in [1.82, 2.24) is 0 Å². The van der Waals surface area contributed by atoms with E-state index >= 15 is 0 Å². The predicted octanol–water partition coefficient (Wildman–Crippen LogP) is 4.38. The monoisotopic (exact) mass is 326 g/mol. The van der Waals surface area contributed by atoms with Gasteiger partial charge in [-0.1, -0.05) is 52.6 Å². The molecule has 0 saturated carbocycles. The van der Waals surface area contributed by atoms with E-state index in [2.05, 4.69) is 22.9 Å². The van der Waals surface area contributed by atoms with Crippen LogP contribution in [0.25, 0.3) is 0 Å². The van der Waals surface area contributed by atoms with Gasteiger partial charge in [-0.25, -0.2) is 0 Å². The van der Waals surface area contributed by atoms with Gasteiger partial charge in [0, 0.05) is 40.6 Å². The van der Waals surface area contributed by atoms with Crippen LogP contribution in [0.15, 0.2) is 0 Å². The fourth-order valence-electron chi connectivity index (χ4n) is 0.532. The van der Waals surface area contributed by atoms with Crippen LogP contribution in [0.2, 0.25) is 0 Å². The van der Waals surface area contributed by atoms with Crippen LogP contribution in [0, 0.1) is 54.0 Å². The Labute approximate surface area is 131 Å². The first-order valence-electron chi connectivity index (χ1n) is 2.97. The minimum Gasteiger partial charge on any atom is -0.344 e. The van der Waals surface area contributed by atoms with Crippen LogP contribution >= 0.6 is 15.8 Å². The van der Waals surface area contributed by atoms with Crippen LogP contribution in [0.3, 0.4) is 0 Å². The molecule has 0 nitrogen and oxygen atoms in total. The molecule has 0 amide bonds. The van der Waals surface area contributed by atoms with E-state index in [1.807, 2.05) is 6.66 Å². The molecule has 1 atom stereocenters. The van der Waals surface area contributed by atoms with Crippen molar-refractivity contribution in [3.63, 3.8) is 0 Å². The Hall–Kier alpha value is 0.0739. The molecule has 1 radical (unpaired) electrons. The largest absolute Gasteiger partial charge is 0.344 e. The topological polar surface area (TPSA) is 0 Å². The van der Waals surface area contributed by atoms with Crippen LogP contribution in [0.5, 0.6) is 0 Å². The Balaban J connectivity index is -0.000000101. The summed E-state index contributed by atoms with van der Waals surface area (Å²) in [5, 5.41) is 0.743. The summed E-state index contributed by atoms with van der Waals surface area (Å²) in [6.07, 6.45) is 20.9. The van der Waals surface area contributed by atoms with Crippen molar-refractivity contribution in [3.05, 3.63) is 5.40 Å². The molecule has 0 aliphatic carbocycles. The zero-order valence-corrected chi connectivity index (χ0v) is 11.9. The molecule has 0 bridgehead atoms. The molecule has 16 heavy (non-hydrogen) atoms. The molecule has 0 aromatic rings. The van der Waals surface area contributed by atoms with Crippen molar-refractivity contribution in [2.24, 2.45) is 0 Å². The third kappa shape index (κ3) is 9.31. The minimum atomic E-state index is -1.04. The average molecular weight is 326 g/mol. The smallest absolute Gasteiger partial charge is 0.00536 e. The summed E-state index contributed by atoms with van der Waals surface area (Å²) < 4.78 is 0. The summed E-state index contributed by atoms with van der Waals surface area (Å²) in [5.41, 5.74) is 7.55. The van der Waals surface area contributed by atoms with Crippen molar-refractivity contribution in [3.8, 4) is 48.6 Å². The molecule has 1 unspecified atom stereocenters. The van der Waals surface area contributed by atoms with Gasteiger partial charge < -0.3 is 6.42 Å². The second-order valence-corrected chi connectivity index (χ2v) is 5.56. The quantitative estimate of drug-likeness (QED) is 0.401. The summed E-state index contributed by atoms with van der Waals surface area (Å²) in [6.45, 7) is 1.88. The third-order valence-corrected chi connectivity index (χ3v) is 4.83. The van der Waals surface area contributed by atoms with Gasteiger partial charge in [-0.15, -0.1) is 19.3 Å². The Morgan fingerprint density at radius 2 is 1.25 bits per heavy atom. The van der Waals surface area contributed by atoms with Crippen molar-refractivity contribution in [2.45, 2.75) is 22.3 Å². The van der Waals surface area contributed by atoms with Crippen LogP contribution in [-0.2, 0) is 32.7 Å². The van der Waals surface area contributed by atoms with E-state index in [1.165, 1.54) is 0 Å². The molecule has 0 saturated heterocycles. The zero-order valence-electron chi connectivity index (χ0n) is 7.28. The van der Waals surface area contributed by atoms with E-state index in [9.17, 15) is 0 Å². The first kappa shape index (κ1) is 29.8. The molecule has 3 heteroatoms. The van der Waals surface area contributed by atoms with Gasteiger partial charge >= 0.3 is 0 Å². The first-order chi connectivity index (χ1) is 5.71. The van der Waals surface area contributed by atoms with Crippen molar-refractivity contribution >= 4 is 15.8 Å². The fraction of sp³-hybridized carbons (Fsp3) is 0.308. The van der Waals surface area contributed by atoms with E-state index in [1.54, 1.807) is 0 Å². The second kappa shape index (κ2) is 17.5. The predicted molar refractivity (Wildman–Crippen MR) is 78.5 cm³/mol. The summed E-state index contributed by atoms with van der Waals surface area (Å²) in [6, 6.07) is 0. The Morgan fingerprint density at radius 3 is 1.44 bits per heavy atom. The van der Waals surface area contributed by atoms with E-state index in [-0.39, 0.29) is 55.0 Å². The molecule has 0 fully saturated rings. The molecule has 0 aromatic heterocycles. The van der Waals surface area contributed by atoms with Gasteiger partial charge in [-0.3, -0.25) is 5.92 Å². The van der Waals surface area contributed by atoms with E-state index in [0.29, 0.717) is 0 Å². The normalized spacial score (nSPS) is 7.62. The second-order valence-electron chi connectivity index (χ2n) is 1.75. The third-order valence-electron chi connectivity index (χ3n) is 1.11. The van der Waals surface area contributed by atoms with Crippen LogP contribution in [0.1, 0.15) is 22.3 Å². The summed E-state index contributed by atoms with van der Waals surface area (Å²) >= 11 is 0. The molecule has 0 aliphatic heterocycles. The average Bonchev–Trinajstić information content (AvgIpc) is 2.12. The van der Waals surface area contributed by atoms with Crippen molar-refractivity contribution in [2.75, 3.05) is 6.66 Å². The minimum absolute atomic E-state index is 0. The fourth-order valence-corrected chi connectivity index (χ4v) is 3.02. The summed E-state index contributed by atoms with van der Waals surface area (Å²) in [4.78, 5) is 0. The van der Waals surface area contributed by atoms with Gasteiger partial charge in [0.2, 0.25) is 0 Å². The van der Waals surface area contributed by atoms with E-state index < -0.39 is 15.8 Å². The Kier molecular flexibility index (Phi) is 32.5. The first-order valence-corrected chi connectivity index (χ1v) is 6.10. The van der Waals surface area contributed by atoms with Crippen molar-refractivity contribution < 1.29 is 32.7 Å². The molecular formula is C13H19P2Y-. The molecule has 0 N–H and O–H groups in total. The van der Waals surface area contributed by atoms with E-state index in [4.69, 9.17) is 25.7 Å². The molecular weight excluding hydrogens is 307 g/mol. The molecule has 85 valence electrons. The number of rotatable bonds is 2. The van der Waals surface area contributed by atoms with Crippen LogP contribution in [0.4, 0.5) is 0 Å². The van der Waals surface area contributed by atoms with Gasteiger partial charge in [0.15, 0.2) is 0 Å². The van der Waals surface area contributed by atoms with Gasteiger partial charge in [0.1, 0.15) is 0 Å². The molecule has 0 rings (SSSR count). The molecule has 0 spiro atoms. The maximum absolute atomic E-state index is 5.26. The number of terminal acetylenes is 4. The van der Waals surface area contributed by atoms with Crippen LogP contribution < -0.4 is 0 Å². The van der Waals surface area contributed by atoms with Crippen molar-refractivity contribution in [1.29, 1.82) is 0 Å². The molecule has 0 aliphatic rings. The van der Waals surface area contributed by atoms with Gasteiger partial charge in [0.05, 0.1) is 0 Å². The number of hydrogen-bond acceptors (Lipinski definition) is 0. The van der Waals surface area contributed by atoms with Gasteiger partial charge in [-0.2, -0.15) is 0 Å². The zero-order chi connectivity index (χ0) is 9.56. The maximum Gasteiger partial charge on any atom is 0.00536 e. The number of hydrogen-bond donors (Lipinski definition) is 0. The standard InChI is InChI=1S/C10H7P2.3CH4.Y/c1-6-10(11(5)7-2)12(8-3)9-4;;;;/h1-4H,5H3;3*1H4;/q-1;;;;. The summed E-state index contributed by atoms with van der Waals surface area (Å²) in [7, 11) is -1.78. The Bertz CT molecular complexity index is 295. The SMILES string of the molecule is C.C.C.C#C[C-](P(C)C#C)P(C#C)C#C.[Y]. The van der Waals surface area contributed by atoms with Gasteiger partial charge in [0.25, 0.3) is 0 Å². The molecule has 0 heterocycles.